The number of aromatic amines is 1. The predicted octanol–water partition coefficient (Wildman–Crippen LogP) is 4.52. The number of benzene rings is 2. The zero-order valence-corrected chi connectivity index (χ0v) is 14.8. The number of hydrogen-bond donors (Lipinski definition) is 2. The molecule has 0 aliphatic heterocycles. The maximum atomic E-state index is 12.6. The van der Waals surface area contributed by atoms with Gasteiger partial charge in [-0.25, -0.2) is 0 Å². The van der Waals surface area contributed by atoms with Gasteiger partial charge in [-0.1, -0.05) is 0 Å². The van der Waals surface area contributed by atoms with Gasteiger partial charge in [-0.3, -0.25) is 4.79 Å². The number of fused-ring (bicyclic) bond motifs is 1. The van der Waals surface area contributed by atoms with Gasteiger partial charge in [0.25, 0.3) is 5.91 Å². The monoisotopic (exact) mass is 338 g/mol. The van der Waals surface area contributed by atoms with Crippen molar-refractivity contribution in [2.45, 2.75) is 26.9 Å². The van der Waals surface area contributed by atoms with Crippen molar-refractivity contribution in [1.82, 2.24) is 4.98 Å². The maximum absolute atomic E-state index is 12.6. The van der Waals surface area contributed by atoms with E-state index in [9.17, 15) is 4.79 Å². The van der Waals surface area contributed by atoms with E-state index in [1.807, 2.05) is 63.2 Å². The number of carbonyl (C=O) groups excluding carboxylic acids is 1. The summed E-state index contributed by atoms with van der Waals surface area (Å²) in [5.41, 5.74) is 3.06. The first-order valence-electron chi connectivity index (χ1n) is 8.22. The van der Waals surface area contributed by atoms with Gasteiger partial charge in [-0.2, -0.15) is 0 Å². The number of H-pyrrole nitrogens is 1. The van der Waals surface area contributed by atoms with Gasteiger partial charge in [0.05, 0.1) is 13.2 Å². The Kier molecular flexibility index (Phi) is 4.65. The van der Waals surface area contributed by atoms with Crippen LogP contribution >= 0.6 is 0 Å². The average Bonchev–Trinajstić information content (AvgIpc) is 2.92. The maximum Gasteiger partial charge on any atom is 0.272 e. The number of methoxy groups -OCH3 is 1. The first kappa shape index (κ1) is 16.9. The summed E-state index contributed by atoms with van der Waals surface area (Å²) in [7, 11) is 1.62. The first-order valence-corrected chi connectivity index (χ1v) is 8.22. The number of amides is 1. The fraction of sp³-hybridized carbons (Fsp3) is 0.250. The van der Waals surface area contributed by atoms with E-state index in [4.69, 9.17) is 9.47 Å². The molecule has 0 unspecified atom stereocenters. The number of ether oxygens (including phenoxy) is 2. The first-order chi connectivity index (χ1) is 12.0. The summed E-state index contributed by atoms with van der Waals surface area (Å²) in [6.07, 6.45) is 0.117. The van der Waals surface area contributed by atoms with Crippen molar-refractivity contribution in [2.24, 2.45) is 0 Å². The molecule has 3 aromatic rings. The lowest BCUT2D eigenvalue weighted by atomic mass is 10.1. The van der Waals surface area contributed by atoms with Crippen molar-refractivity contribution in [2.75, 3.05) is 12.4 Å². The van der Waals surface area contributed by atoms with E-state index < -0.39 is 0 Å². The van der Waals surface area contributed by atoms with Crippen LogP contribution in [0, 0.1) is 6.92 Å². The SMILES string of the molecule is COc1ccc2c(C)c(C(=O)Nc3ccc(OC(C)C)cc3)[nH]c2c1. The van der Waals surface area contributed by atoms with Crippen LogP contribution in [0.1, 0.15) is 29.9 Å². The lowest BCUT2D eigenvalue weighted by Gasteiger charge is -2.10. The summed E-state index contributed by atoms with van der Waals surface area (Å²) < 4.78 is 10.8. The molecule has 0 atom stereocenters. The smallest absolute Gasteiger partial charge is 0.272 e. The molecule has 5 nitrogen and oxygen atoms in total. The number of aryl methyl sites for hydroxylation is 1. The Labute approximate surface area is 147 Å². The average molecular weight is 338 g/mol. The molecule has 2 aromatic carbocycles. The lowest BCUT2D eigenvalue weighted by molar-refractivity contribution is 0.102. The second-order valence-electron chi connectivity index (χ2n) is 6.18. The summed E-state index contributed by atoms with van der Waals surface area (Å²) >= 11 is 0. The molecule has 1 aromatic heterocycles. The van der Waals surface area contributed by atoms with Crippen LogP contribution in [0.25, 0.3) is 10.9 Å². The molecule has 0 aliphatic rings. The van der Waals surface area contributed by atoms with Crippen LogP contribution in [0.15, 0.2) is 42.5 Å². The Morgan fingerprint density at radius 2 is 1.76 bits per heavy atom. The molecule has 2 N–H and O–H groups in total. The zero-order chi connectivity index (χ0) is 18.0. The minimum absolute atomic E-state index is 0.117. The van der Waals surface area contributed by atoms with Gasteiger partial charge >= 0.3 is 0 Å². The molecule has 1 amide bonds. The van der Waals surface area contributed by atoms with Gasteiger partial charge in [0.1, 0.15) is 17.2 Å². The summed E-state index contributed by atoms with van der Waals surface area (Å²) in [4.78, 5) is 15.8. The summed E-state index contributed by atoms with van der Waals surface area (Å²) in [5.74, 6) is 1.36. The largest absolute Gasteiger partial charge is 0.497 e. The third-order valence-electron chi connectivity index (χ3n) is 3.98. The standard InChI is InChI=1S/C20H22N2O3/c1-12(2)25-15-7-5-14(6-8-15)21-20(23)19-13(3)17-10-9-16(24-4)11-18(17)22-19/h5-12,22H,1-4H3,(H,21,23). The van der Waals surface area contributed by atoms with Gasteiger partial charge in [0.2, 0.25) is 0 Å². The number of hydrogen-bond acceptors (Lipinski definition) is 3. The number of carbonyl (C=O) groups is 1. The molecule has 0 saturated heterocycles. The molecule has 0 bridgehead atoms. The van der Waals surface area contributed by atoms with Crippen molar-refractivity contribution in [3.05, 3.63) is 53.7 Å². The Balaban J connectivity index is 1.81. The highest BCUT2D eigenvalue weighted by molar-refractivity contribution is 6.07. The topological polar surface area (TPSA) is 63.4 Å². The molecule has 5 heteroatoms. The van der Waals surface area contributed by atoms with Crippen LogP contribution in [-0.2, 0) is 0 Å². The van der Waals surface area contributed by atoms with E-state index >= 15 is 0 Å². The van der Waals surface area contributed by atoms with Crippen LogP contribution in [0.2, 0.25) is 0 Å². The molecule has 0 spiro atoms. The summed E-state index contributed by atoms with van der Waals surface area (Å²) in [6.45, 7) is 5.88. The molecular formula is C20H22N2O3. The second kappa shape index (κ2) is 6.89. The van der Waals surface area contributed by atoms with Crippen LogP contribution in [-0.4, -0.2) is 24.1 Å². The van der Waals surface area contributed by atoms with Gasteiger partial charge in [0, 0.05) is 22.7 Å². The van der Waals surface area contributed by atoms with Gasteiger partial charge in [-0.15, -0.1) is 0 Å². The van der Waals surface area contributed by atoms with Crippen LogP contribution in [0.5, 0.6) is 11.5 Å². The molecule has 1 heterocycles. The number of nitrogens with one attached hydrogen (secondary N) is 2. The number of anilines is 1. The fourth-order valence-electron chi connectivity index (χ4n) is 2.75. The molecule has 0 saturated carbocycles. The quantitative estimate of drug-likeness (QED) is 0.719. The van der Waals surface area contributed by atoms with Crippen LogP contribution in [0.4, 0.5) is 5.69 Å². The predicted molar refractivity (Wildman–Crippen MR) is 99.7 cm³/mol. The van der Waals surface area contributed by atoms with Gasteiger partial charge in [-0.05, 0) is 62.7 Å². The van der Waals surface area contributed by atoms with E-state index in [0.717, 1.165) is 33.7 Å². The molecule has 130 valence electrons. The Morgan fingerprint density at radius 3 is 2.40 bits per heavy atom. The molecule has 0 aliphatic carbocycles. The van der Waals surface area contributed by atoms with Crippen LogP contribution in [0.3, 0.4) is 0 Å². The summed E-state index contributed by atoms with van der Waals surface area (Å²) in [6, 6.07) is 13.1. The van der Waals surface area contributed by atoms with E-state index in [2.05, 4.69) is 10.3 Å². The van der Waals surface area contributed by atoms with Crippen molar-refractivity contribution >= 4 is 22.5 Å². The van der Waals surface area contributed by atoms with Gasteiger partial charge < -0.3 is 19.8 Å². The Hall–Kier alpha value is -2.95. The van der Waals surface area contributed by atoms with E-state index in [1.54, 1.807) is 7.11 Å². The fourth-order valence-corrected chi connectivity index (χ4v) is 2.75. The van der Waals surface area contributed by atoms with Crippen molar-refractivity contribution in [3.8, 4) is 11.5 Å². The van der Waals surface area contributed by atoms with E-state index in [-0.39, 0.29) is 12.0 Å². The molecule has 0 fully saturated rings. The highest BCUT2D eigenvalue weighted by Crippen LogP contribution is 2.26. The van der Waals surface area contributed by atoms with E-state index in [0.29, 0.717) is 5.69 Å². The minimum Gasteiger partial charge on any atom is -0.497 e. The normalized spacial score (nSPS) is 10.9. The number of aromatic nitrogens is 1. The Morgan fingerprint density at radius 1 is 1.08 bits per heavy atom. The molecular weight excluding hydrogens is 316 g/mol. The second-order valence-corrected chi connectivity index (χ2v) is 6.18. The zero-order valence-electron chi connectivity index (χ0n) is 14.8. The number of rotatable bonds is 5. The van der Waals surface area contributed by atoms with Crippen molar-refractivity contribution < 1.29 is 14.3 Å². The highest BCUT2D eigenvalue weighted by Gasteiger charge is 2.15. The minimum atomic E-state index is -0.176. The highest BCUT2D eigenvalue weighted by atomic mass is 16.5. The third-order valence-corrected chi connectivity index (χ3v) is 3.98. The van der Waals surface area contributed by atoms with E-state index in [1.165, 1.54) is 0 Å². The third kappa shape index (κ3) is 3.60. The Bertz CT molecular complexity index is 895. The van der Waals surface area contributed by atoms with Crippen molar-refractivity contribution in [1.29, 1.82) is 0 Å². The van der Waals surface area contributed by atoms with Crippen LogP contribution < -0.4 is 14.8 Å². The molecule has 3 rings (SSSR count). The molecule has 0 radical (unpaired) electrons. The molecule has 25 heavy (non-hydrogen) atoms. The summed E-state index contributed by atoms with van der Waals surface area (Å²) in [5, 5.41) is 3.92. The van der Waals surface area contributed by atoms with Gasteiger partial charge in [0.15, 0.2) is 0 Å². The van der Waals surface area contributed by atoms with Crippen molar-refractivity contribution in [3.63, 3.8) is 0 Å². The lowest BCUT2D eigenvalue weighted by Crippen LogP contribution is -2.13.